The minimum Gasteiger partial charge on any atom is -0.344 e. The van der Waals surface area contributed by atoms with Gasteiger partial charge in [-0.2, -0.15) is 16.8 Å². The smallest absolute Gasteiger partial charge is 0.344 e. The topological polar surface area (TPSA) is 188 Å². The summed E-state index contributed by atoms with van der Waals surface area (Å²) in [6.07, 6.45) is 23.5. The molecule has 0 aromatic heterocycles. The number of rotatable bonds is 23. The summed E-state index contributed by atoms with van der Waals surface area (Å²) >= 11 is 0. The van der Waals surface area contributed by atoms with Gasteiger partial charge in [0.15, 0.2) is 0 Å². The van der Waals surface area contributed by atoms with Gasteiger partial charge < -0.3 is 12.3 Å². The molecule has 0 aliphatic heterocycles. The normalized spacial score (nSPS) is 11.2. The summed E-state index contributed by atoms with van der Waals surface area (Å²) < 4.78 is 62.3. The third-order valence-electron chi connectivity index (χ3n) is 5.49. The van der Waals surface area contributed by atoms with Crippen molar-refractivity contribution in [3.05, 3.63) is 0 Å². The van der Waals surface area contributed by atoms with Crippen LogP contribution in [0.3, 0.4) is 0 Å². The highest BCUT2D eigenvalue weighted by atomic mass is 32.3. The van der Waals surface area contributed by atoms with Crippen molar-refractivity contribution < 1.29 is 30.1 Å². The van der Waals surface area contributed by atoms with E-state index in [0.717, 1.165) is 25.7 Å². The van der Waals surface area contributed by atoms with E-state index < -0.39 is 20.5 Å². The van der Waals surface area contributed by atoms with Crippen molar-refractivity contribution in [1.82, 2.24) is 12.3 Å². The van der Waals surface area contributed by atoms with Crippen molar-refractivity contribution in [3.63, 3.8) is 0 Å². The highest BCUT2D eigenvalue weighted by Crippen LogP contribution is 2.11. The summed E-state index contributed by atoms with van der Waals surface area (Å²) in [4.78, 5) is 0. The Morgan fingerprint density at radius 2 is 0.771 bits per heavy atom. The fraction of sp³-hybridized carbons (Fsp3) is 1.00. The van der Waals surface area contributed by atoms with E-state index in [1.165, 1.54) is 89.9 Å². The van der Waals surface area contributed by atoms with Gasteiger partial charge in [0.05, 0.1) is 12.4 Å². The van der Waals surface area contributed by atoms with Crippen molar-refractivity contribution in [3.8, 4) is 0 Å². The van der Waals surface area contributed by atoms with Crippen LogP contribution in [0.5, 0.6) is 0 Å². The SMILES string of the molecule is CCCCCCCCCCCCOS(=O)(=O)O.CCCCCCCCCCCCS(=O)(=O)O.N.N. The molecule has 0 saturated heterocycles. The van der Waals surface area contributed by atoms with Gasteiger partial charge in [0.2, 0.25) is 0 Å². The maximum atomic E-state index is 10.4. The lowest BCUT2D eigenvalue weighted by molar-refractivity contribution is 0.261. The van der Waals surface area contributed by atoms with Crippen LogP contribution in [0.15, 0.2) is 0 Å². The second-order valence-electron chi connectivity index (χ2n) is 8.90. The molecule has 9 nitrogen and oxygen atoms in total. The first-order chi connectivity index (χ1) is 15.6. The summed E-state index contributed by atoms with van der Waals surface area (Å²) in [5.74, 6) is -0.0799. The Morgan fingerprint density at radius 1 is 0.486 bits per heavy atom. The van der Waals surface area contributed by atoms with E-state index in [0.29, 0.717) is 12.8 Å². The van der Waals surface area contributed by atoms with E-state index in [1.54, 1.807) is 0 Å². The zero-order valence-corrected chi connectivity index (χ0v) is 24.4. The van der Waals surface area contributed by atoms with E-state index in [9.17, 15) is 16.8 Å². The Morgan fingerprint density at radius 3 is 1.06 bits per heavy atom. The van der Waals surface area contributed by atoms with Crippen LogP contribution in [0.2, 0.25) is 0 Å². The van der Waals surface area contributed by atoms with Crippen LogP contribution < -0.4 is 12.3 Å². The molecule has 0 bridgehead atoms. The quantitative estimate of drug-likeness (QED) is 0.0724. The predicted octanol–water partition coefficient (Wildman–Crippen LogP) is 7.85. The van der Waals surface area contributed by atoms with Crippen LogP contribution in [0.4, 0.5) is 0 Å². The minimum absolute atomic E-state index is 0. The van der Waals surface area contributed by atoms with Crippen LogP contribution in [-0.4, -0.2) is 38.3 Å². The molecule has 0 aliphatic rings. The third kappa shape index (κ3) is 47.5. The summed E-state index contributed by atoms with van der Waals surface area (Å²) in [7, 11) is -7.97. The van der Waals surface area contributed by atoms with Crippen molar-refractivity contribution in [2.45, 2.75) is 142 Å². The van der Waals surface area contributed by atoms with Gasteiger partial charge in [-0.25, -0.2) is 4.18 Å². The molecular formula is C24H58N2O7S2. The van der Waals surface area contributed by atoms with Gasteiger partial charge in [-0.15, -0.1) is 0 Å². The average molecular weight is 551 g/mol. The highest BCUT2D eigenvalue weighted by molar-refractivity contribution is 7.85. The second-order valence-corrected chi connectivity index (χ2v) is 11.6. The van der Waals surface area contributed by atoms with Gasteiger partial charge in [-0.1, -0.05) is 129 Å². The molecule has 11 heteroatoms. The van der Waals surface area contributed by atoms with Crippen molar-refractivity contribution >= 4 is 20.5 Å². The third-order valence-corrected chi connectivity index (χ3v) is 6.76. The predicted molar refractivity (Wildman–Crippen MR) is 148 cm³/mol. The van der Waals surface area contributed by atoms with Crippen LogP contribution >= 0.6 is 0 Å². The standard InChI is InChI=1S/C12H26O4S.C12H26O3S.2H3N/c1-2-3-4-5-6-7-8-9-10-11-12-16-17(13,14)15;1-2-3-4-5-6-7-8-9-10-11-12-16(13,14)15;;/h2-12H2,1H3,(H,13,14,15);2-12H2,1H3,(H,13,14,15);2*1H3. The molecule has 0 unspecified atom stereocenters. The van der Waals surface area contributed by atoms with Gasteiger partial charge >= 0.3 is 10.4 Å². The summed E-state index contributed by atoms with van der Waals surface area (Å²) in [6, 6.07) is 0. The number of hydrogen-bond donors (Lipinski definition) is 4. The molecule has 0 amide bonds. The molecule has 0 aromatic rings. The lowest BCUT2D eigenvalue weighted by Gasteiger charge is -2.02. The summed E-state index contributed by atoms with van der Waals surface area (Å²) in [5, 5.41) is 0. The molecule has 0 aromatic carbocycles. The first kappa shape index (κ1) is 41.8. The molecule has 35 heavy (non-hydrogen) atoms. The zero-order chi connectivity index (χ0) is 25.3. The molecule has 0 spiro atoms. The molecule has 0 atom stereocenters. The maximum absolute atomic E-state index is 10.4. The van der Waals surface area contributed by atoms with Crippen molar-refractivity contribution in [1.29, 1.82) is 0 Å². The molecule has 0 fully saturated rings. The Bertz CT molecular complexity index is 601. The van der Waals surface area contributed by atoms with E-state index in [4.69, 9.17) is 9.11 Å². The summed E-state index contributed by atoms with van der Waals surface area (Å²) in [5.41, 5.74) is 0. The highest BCUT2D eigenvalue weighted by Gasteiger charge is 2.03. The van der Waals surface area contributed by atoms with Gasteiger partial charge in [0, 0.05) is 0 Å². The van der Waals surface area contributed by atoms with Crippen molar-refractivity contribution in [2.75, 3.05) is 12.4 Å². The molecule has 0 rings (SSSR count). The first-order valence-electron chi connectivity index (χ1n) is 13.2. The number of hydrogen-bond acceptors (Lipinski definition) is 7. The van der Waals surface area contributed by atoms with E-state index >= 15 is 0 Å². The molecule has 0 saturated carbocycles. The molecular weight excluding hydrogens is 492 g/mol. The maximum Gasteiger partial charge on any atom is 0.397 e. The molecule has 0 aliphatic carbocycles. The second kappa shape index (κ2) is 29.9. The molecule has 218 valence electrons. The minimum atomic E-state index is -4.23. The van der Waals surface area contributed by atoms with E-state index in [1.807, 2.05) is 0 Å². The van der Waals surface area contributed by atoms with Crippen LogP contribution in [-0.2, 0) is 24.7 Å². The summed E-state index contributed by atoms with van der Waals surface area (Å²) in [6.45, 7) is 4.53. The molecule has 0 heterocycles. The molecule has 0 radical (unpaired) electrons. The van der Waals surface area contributed by atoms with Crippen LogP contribution in [0.1, 0.15) is 142 Å². The van der Waals surface area contributed by atoms with Gasteiger partial charge in [-0.05, 0) is 12.8 Å². The van der Waals surface area contributed by atoms with E-state index in [2.05, 4.69) is 18.0 Å². The van der Waals surface area contributed by atoms with Crippen LogP contribution in [0.25, 0.3) is 0 Å². The Hall–Kier alpha value is -0.300. The fourth-order valence-corrected chi connectivity index (χ4v) is 4.42. The Kier molecular flexibility index (Phi) is 35.8. The van der Waals surface area contributed by atoms with Crippen molar-refractivity contribution in [2.24, 2.45) is 0 Å². The average Bonchev–Trinajstić information content (AvgIpc) is 2.72. The van der Waals surface area contributed by atoms with E-state index in [-0.39, 0.29) is 24.7 Å². The van der Waals surface area contributed by atoms with Gasteiger partial charge in [0.1, 0.15) is 0 Å². The molecule has 8 N–H and O–H groups in total. The number of unbranched alkanes of at least 4 members (excludes halogenated alkanes) is 18. The zero-order valence-electron chi connectivity index (χ0n) is 22.7. The Balaban J connectivity index is -0.000000260. The first-order valence-corrected chi connectivity index (χ1v) is 16.2. The van der Waals surface area contributed by atoms with Gasteiger partial charge in [-0.3, -0.25) is 9.11 Å². The monoisotopic (exact) mass is 550 g/mol. The van der Waals surface area contributed by atoms with Gasteiger partial charge in [0.25, 0.3) is 10.1 Å². The van der Waals surface area contributed by atoms with Crippen LogP contribution in [0, 0.1) is 0 Å². The lowest BCUT2D eigenvalue weighted by Crippen LogP contribution is -2.04. The fourth-order valence-electron chi connectivity index (χ4n) is 3.53. The Labute approximate surface area is 217 Å². The lowest BCUT2D eigenvalue weighted by atomic mass is 10.1. The largest absolute Gasteiger partial charge is 0.397 e.